The molecule has 2 heterocycles. The van der Waals surface area contributed by atoms with E-state index < -0.39 is 62.0 Å². The molecule has 0 aliphatic rings. The predicted molar refractivity (Wildman–Crippen MR) is 110 cm³/mol. The minimum absolute atomic E-state index is 0.00518. The van der Waals surface area contributed by atoms with Crippen molar-refractivity contribution in [2.45, 2.75) is 24.9 Å². The summed E-state index contributed by atoms with van der Waals surface area (Å²) in [4.78, 5) is 16.4. The van der Waals surface area contributed by atoms with Gasteiger partial charge in [0.1, 0.15) is 5.56 Å². The number of nitrogens with zero attached hydrogens (tertiary/aromatic N) is 3. The fourth-order valence-corrected chi connectivity index (χ4v) is 3.58. The first kappa shape index (κ1) is 25.0. The molecule has 1 aromatic carbocycles. The number of nitrogens with one attached hydrogen (secondary N) is 2. The second-order valence-electron chi connectivity index (χ2n) is 7.14. The Hall–Kier alpha value is -3.68. The molecule has 34 heavy (non-hydrogen) atoms. The number of pyridine rings is 1. The van der Waals surface area contributed by atoms with Crippen LogP contribution in [-0.2, 0) is 15.9 Å². The lowest BCUT2D eigenvalue weighted by Gasteiger charge is -2.16. The van der Waals surface area contributed by atoms with Crippen LogP contribution in [0.3, 0.4) is 0 Å². The number of ether oxygens (including phenoxy) is 1. The van der Waals surface area contributed by atoms with Gasteiger partial charge in [-0.15, -0.1) is 10.2 Å². The van der Waals surface area contributed by atoms with Gasteiger partial charge in [-0.05, 0) is 43.7 Å². The zero-order valence-electron chi connectivity index (χ0n) is 17.8. The number of hydrogen-bond donors (Lipinski definition) is 2. The number of aromatic nitrogens is 3. The fourth-order valence-electron chi connectivity index (χ4n) is 2.89. The maximum absolute atomic E-state index is 14.2. The zero-order valence-corrected chi connectivity index (χ0v) is 18.6. The Kier molecular flexibility index (Phi) is 6.55. The summed E-state index contributed by atoms with van der Waals surface area (Å²) in [5.74, 6) is -5.81. The van der Waals surface area contributed by atoms with E-state index in [1.54, 1.807) is 0 Å². The smallest absolute Gasteiger partial charge is 0.429 e. The first-order valence-corrected chi connectivity index (χ1v) is 11.2. The van der Waals surface area contributed by atoms with Gasteiger partial charge in [0, 0.05) is 22.5 Å². The molecule has 180 valence electrons. The van der Waals surface area contributed by atoms with Crippen molar-refractivity contribution in [1.29, 1.82) is 4.78 Å². The molecule has 0 saturated carbocycles. The second kappa shape index (κ2) is 8.93. The van der Waals surface area contributed by atoms with Crippen LogP contribution in [0.2, 0.25) is 0 Å². The molecule has 2 N–H and O–H groups in total. The molecule has 1 amide bonds. The highest BCUT2D eigenvalue weighted by Crippen LogP contribution is 2.36. The Morgan fingerprint density at radius 1 is 1.15 bits per heavy atom. The molecule has 0 spiro atoms. The van der Waals surface area contributed by atoms with Crippen molar-refractivity contribution in [1.82, 2.24) is 15.2 Å². The number of aryl methyl sites for hydroxylation is 1. The fraction of sp³-hybridized carbons (Fsp3) is 0.200. The lowest BCUT2D eigenvalue weighted by atomic mass is 10.1. The maximum atomic E-state index is 14.2. The lowest BCUT2D eigenvalue weighted by molar-refractivity contribution is -0.142. The van der Waals surface area contributed by atoms with Crippen molar-refractivity contribution >= 4 is 21.3 Å². The summed E-state index contributed by atoms with van der Waals surface area (Å²) in [7, 11) is -3.16. The highest BCUT2D eigenvalue weighted by Gasteiger charge is 2.38. The van der Waals surface area contributed by atoms with Crippen LogP contribution in [0.5, 0.6) is 11.6 Å². The van der Waals surface area contributed by atoms with Gasteiger partial charge >= 0.3 is 6.18 Å². The van der Waals surface area contributed by atoms with Gasteiger partial charge in [0.25, 0.3) is 17.7 Å². The third-order valence-corrected chi connectivity index (χ3v) is 5.59. The Morgan fingerprint density at radius 3 is 2.41 bits per heavy atom. The Bertz CT molecular complexity index is 1370. The van der Waals surface area contributed by atoms with Crippen LogP contribution in [0.1, 0.15) is 27.3 Å². The molecule has 0 radical (unpaired) electrons. The summed E-state index contributed by atoms with van der Waals surface area (Å²) >= 11 is 0. The monoisotopic (exact) mass is 501 g/mol. The molecule has 1 unspecified atom stereocenters. The first-order valence-electron chi connectivity index (χ1n) is 9.28. The van der Waals surface area contributed by atoms with E-state index in [1.165, 1.54) is 31.2 Å². The van der Waals surface area contributed by atoms with Crippen LogP contribution >= 0.6 is 0 Å². The molecule has 14 heteroatoms. The minimum atomic E-state index is -4.99. The first-order chi connectivity index (χ1) is 15.7. The SMILES string of the molecule is Cc1cc(F)c(Oc2nnc(C(F)(F)F)c(C)c2C(=O)Nc2cccc(S(C)(=N)=O)c2)c(F)n1. The molecule has 3 aromatic rings. The number of hydrogen-bond acceptors (Lipinski definition) is 7. The topological polar surface area (TPSA) is 118 Å². The quantitative estimate of drug-likeness (QED) is 0.381. The van der Waals surface area contributed by atoms with Crippen LogP contribution < -0.4 is 10.1 Å². The Morgan fingerprint density at radius 2 is 1.82 bits per heavy atom. The number of carbonyl (C=O) groups excluding carboxylic acids is 1. The van der Waals surface area contributed by atoms with E-state index in [-0.39, 0.29) is 16.3 Å². The maximum Gasteiger partial charge on any atom is 0.435 e. The highest BCUT2D eigenvalue weighted by molar-refractivity contribution is 7.91. The minimum Gasteiger partial charge on any atom is -0.429 e. The van der Waals surface area contributed by atoms with E-state index in [2.05, 4.69) is 20.5 Å². The number of rotatable bonds is 5. The molecule has 2 aromatic heterocycles. The lowest BCUT2D eigenvalue weighted by Crippen LogP contribution is -2.21. The second-order valence-corrected chi connectivity index (χ2v) is 9.30. The standard InChI is InChI=1S/C20H16F5N5O3S/c1-9-7-13(21)15(17(22)27-9)33-19-14(10(2)16(29-30-19)20(23,24)25)18(31)28-11-5-4-6-12(8-11)34(3,26)32/h4-8,26H,1-3H3,(H,28,31). The molecule has 0 aliphatic carbocycles. The van der Waals surface area contributed by atoms with Crippen LogP contribution in [0.25, 0.3) is 0 Å². The van der Waals surface area contributed by atoms with E-state index in [4.69, 9.17) is 9.52 Å². The van der Waals surface area contributed by atoms with E-state index in [0.29, 0.717) is 0 Å². The molecular formula is C20H16F5N5O3S. The number of carbonyl (C=O) groups is 1. The average molecular weight is 501 g/mol. The van der Waals surface area contributed by atoms with Crippen molar-refractivity contribution in [2.75, 3.05) is 11.6 Å². The molecule has 0 fully saturated rings. The van der Waals surface area contributed by atoms with Crippen molar-refractivity contribution in [2.24, 2.45) is 0 Å². The van der Waals surface area contributed by atoms with Crippen molar-refractivity contribution in [3.63, 3.8) is 0 Å². The summed E-state index contributed by atoms with van der Waals surface area (Å²) in [6.07, 6.45) is -3.85. The van der Waals surface area contributed by atoms with Gasteiger partial charge in [0.05, 0.1) is 9.73 Å². The van der Waals surface area contributed by atoms with Gasteiger partial charge in [-0.2, -0.15) is 17.6 Å². The number of anilines is 1. The van der Waals surface area contributed by atoms with Crippen molar-refractivity contribution < 1.29 is 35.7 Å². The Balaban J connectivity index is 2.11. The third kappa shape index (κ3) is 5.27. The molecule has 0 bridgehead atoms. The molecule has 3 rings (SSSR count). The van der Waals surface area contributed by atoms with Gasteiger partial charge in [0.2, 0.25) is 5.75 Å². The Labute approximate surface area is 190 Å². The largest absolute Gasteiger partial charge is 0.435 e. The summed E-state index contributed by atoms with van der Waals surface area (Å²) in [5.41, 5.74) is -3.06. The normalized spacial score (nSPS) is 13.3. The van der Waals surface area contributed by atoms with E-state index in [9.17, 15) is 31.0 Å². The highest BCUT2D eigenvalue weighted by atomic mass is 32.2. The molecule has 0 saturated heterocycles. The van der Waals surface area contributed by atoms with Crippen LogP contribution in [0, 0.1) is 30.4 Å². The number of alkyl halides is 3. The van der Waals surface area contributed by atoms with Crippen LogP contribution in [0.4, 0.5) is 27.6 Å². The van der Waals surface area contributed by atoms with Crippen molar-refractivity contribution in [3.05, 3.63) is 64.6 Å². The van der Waals surface area contributed by atoms with Crippen molar-refractivity contribution in [3.8, 4) is 11.6 Å². The number of amides is 1. The number of halogens is 5. The third-order valence-electron chi connectivity index (χ3n) is 4.44. The molecule has 1 atom stereocenters. The summed E-state index contributed by atoms with van der Waals surface area (Å²) in [6, 6.07) is 6.10. The molecule has 0 aliphatic heterocycles. The zero-order chi connectivity index (χ0) is 25.4. The van der Waals surface area contributed by atoms with Gasteiger partial charge in [-0.1, -0.05) is 6.07 Å². The van der Waals surface area contributed by atoms with Gasteiger partial charge in [-0.25, -0.2) is 18.4 Å². The van der Waals surface area contributed by atoms with Gasteiger partial charge in [0.15, 0.2) is 11.5 Å². The summed E-state index contributed by atoms with van der Waals surface area (Å²) in [5, 5.41) is 8.53. The molecular weight excluding hydrogens is 485 g/mol. The summed E-state index contributed by atoms with van der Waals surface area (Å²) < 4.78 is 93.1. The molecule has 8 nitrogen and oxygen atoms in total. The predicted octanol–water partition coefficient (Wildman–Crippen LogP) is 4.87. The van der Waals surface area contributed by atoms with E-state index in [0.717, 1.165) is 19.2 Å². The summed E-state index contributed by atoms with van der Waals surface area (Å²) in [6.45, 7) is 2.22. The van der Waals surface area contributed by atoms with Crippen LogP contribution in [-0.4, -0.2) is 31.6 Å². The van der Waals surface area contributed by atoms with Gasteiger partial charge < -0.3 is 10.1 Å². The van der Waals surface area contributed by atoms with E-state index in [1.807, 2.05) is 0 Å². The van der Waals surface area contributed by atoms with Gasteiger partial charge in [-0.3, -0.25) is 4.79 Å². The van der Waals surface area contributed by atoms with Crippen LogP contribution in [0.15, 0.2) is 35.2 Å². The average Bonchev–Trinajstić information content (AvgIpc) is 2.69. The van der Waals surface area contributed by atoms with E-state index >= 15 is 0 Å². The number of benzene rings is 1.